The molecule has 0 spiro atoms. The summed E-state index contributed by atoms with van der Waals surface area (Å²) in [6.45, 7) is 1.42. The molecule has 2 aromatic rings. The minimum atomic E-state index is 0.274. The normalized spacial score (nSPS) is 18.4. The summed E-state index contributed by atoms with van der Waals surface area (Å²) in [6.07, 6.45) is 1.83. The van der Waals surface area contributed by atoms with Crippen molar-refractivity contribution in [2.45, 2.75) is 6.10 Å². The first-order chi connectivity index (χ1) is 7.92. The highest BCUT2D eigenvalue weighted by atomic mass is 16.6. The van der Waals surface area contributed by atoms with Crippen LogP contribution in [0.2, 0.25) is 0 Å². The smallest absolute Gasteiger partial charge is 0.124 e. The van der Waals surface area contributed by atoms with E-state index in [1.807, 2.05) is 30.3 Å². The Morgan fingerprint density at radius 1 is 1.38 bits per heavy atom. The lowest BCUT2D eigenvalue weighted by molar-refractivity contribution is 0.263. The van der Waals surface area contributed by atoms with Gasteiger partial charge in [-0.1, -0.05) is 17.3 Å². The van der Waals surface area contributed by atoms with Gasteiger partial charge in [0.1, 0.15) is 30.4 Å². The summed E-state index contributed by atoms with van der Waals surface area (Å²) in [4.78, 5) is 0. The van der Waals surface area contributed by atoms with Crippen molar-refractivity contribution in [2.75, 3.05) is 13.2 Å². The van der Waals surface area contributed by atoms with E-state index in [1.54, 1.807) is 6.26 Å². The van der Waals surface area contributed by atoms with Crippen molar-refractivity contribution in [2.24, 2.45) is 0 Å². The van der Waals surface area contributed by atoms with Crippen LogP contribution in [-0.2, 0) is 4.74 Å². The zero-order valence-corrected chi connectivity index (χ0v) is 8.63. The Balaban J connectivity index is 1.76. The minimum Gasteiger partial charge on any atom is -0.491 e. The molecule has 1 fully saturated rings. The van der Waals surface area contributed by atoms with Crippen LogP contribution in [0.1, 0.15) is 0 Å². The molecule has 82 valence electrons. The maximum absolute atomic E-state index is 5.59. The van der Waals surface area contributed by atoms with Crippen LogP contribution in [0.4, 0.5) is 0 Å². The van der Waals surface area contributed by atoms with Gasteiger partial charge in [0, 0.05) is 11.6 Å². The van der Waals surface area contributed by atoms with Gasteiger partial charge < -0.3 is 14.0 Å². The maximum atomic E-state index is 5.59. The second-order valence-corrected chi connectivity index (χ2v) is 3.68. The molecule has 0 bridgehead atoms. The molecule has 4 heteroatoms. The Labute approximate surface area is 92.8 Å². The number of rotatable bonds is 4. The van der Waals surface area contributed by atoms with Crippen molar-refractivity contribution in [1.29, 1.82) is 0 Å². The van der Waals surface area contributed by atoms with Gasteiger partial charge in [-0.3, -0.25) is 0 Å². The predicted octanol–water partition coefficient (Wildman–Crippen LogP) is 2.12. The van der Waals surface area contributed by atoms with Crippen LogP contribution in [0.15, 0.2) is 41.1 Å². The largest absolute Gasteiger partial charge is 0.491 e. The Morgan fingerprint density at radius 2 is 2.31 bits per heavy atom. The third kappa shape index (κ3) is 2.06. The Hall–Kier alpha value is -1.81. The van der Waals surface area contributed by atoms with Crippen molar-refractivity contribution in [3.63, 3.8) is 0 Å². The Kier molecular flexibility index (Phi) is 2.34. The van der Waals surface area contributed by atoms with Gasteiger partial charge in [-0.15, -0.1) is 0 Å². The number of benzene rings is 1. The first kappa shape index (κ1) is 9.42. The molecule has 0 unspecified atom stereocenters. The molecule has 1 saturated heterocycles. The van der Waals surface area contributed by atoms with Gasteiger partial charge in [0.15, 0.2) is 0 Å². The summed E-state index contributed by atoms with van der Waals surface area (Å²) in [5.41, 5.74) is 1.80. The molecule has 0 amide bonds. The summed E-state index contributed by atoms with van der Waals surface area (Å²) in [7, 11) is 0. The molecular weight excluding hydrogens is 206 g/mol. The van der Waals surface area contributed by atoms with Gasteiger partial charge in [-0.05, 0) is 12.1 Å². The molecule has 0 saturated carbocycles. The minimum absolute atomic E-state index is 0.274. The third-order valence-electron chi connectivity index (χ3n) is 2.41. The van der Waals surface area contributed by atoms with Crippen molar-refractivity contribution in [1.82, 2.24) is 5.16 Å². The van der Waals surface area contributed by atoms with E-state index in [2.05, 4.69) is 5.16 Å². The zero-order chi connectivity index (χ0) is 10.8. The second kappa shape index (κ2) is 3.98. The zero-order valence-electron chi connectivity index (χ0n) is 8.63. The van der Waals surface area contributed by atoms with E-state index in [0.29, 0.717) is 6.61 Å². The van der Waals surface area contributed by atoms with Gasteiger partial charge in [-0.25, -0.2) is 0 Å². The molecule has 16 heavy (non-hydrogen) atoms. The molecule has 3 rings (SSSR count). The molecule has 0 N–H and O–H groups in total. The molecular formula is C12H11NO3. The predicted molar refractivity (Wildman–Crippen MR) is 57.2 cm³/mol. The third-order valence-corrected chi connectivity index (χ3v) is 2.41. The van der Waals surface area contributed by atoms with E-state index >= 15 is 0 Å². The van der Waals surface area contributed by atoms with E-state index in [-0.39, 0.29) is 6.10 Å². The first-order valence-corrected chi connectivity index (χ1v) is 5.17. The average Bonchev–Trinajstić information content (AvgIpc) is 2.99. The standard InChI is InChI=1S/C12H11NO3/c1-2-9(12-4-5-16-13-12)6-10(3-1)14-7-11-8-15-11/h1-6,11H,7-8H2/t11-/m0/s1. The van der Waals surface area contributed by atoms with Crippen LogP contribution < -0.4 is 4.74 Å². The van der Waals surface area contributed by atoms with Crippen LogP contribution in [0.25, 0.3) is 11.3 Å². The molecule has 1 aromatic heterocycles. The molecule has 4 nitrogen and oxygen atoms in total. The number of hydrogen-bond acceptors (Lipinski definition) is 4. The van der Waals surface area contributed by atoms with Crippen LogP contribution in [0.3, 0.4) is 0 Å². The van der Waals surface area contributed by atoms with E-state index in [0.717, 1.165) is 23.6 Å². The monoisotopic (exact) mass is 217 g/mol. The SMILES string of the molecule is c1cc(OC[C@H]2CO2)cc(-c2ccon2)c1. The number of nitrogens with zero attached hydrogens (tertiary/aromatic N) is 1. The summed E-state index contributed by atoms with van der Waals surface area (Å²) < 4.78 is 15.5. The van der Waals surface area contributed by atoms with E-state index in [4.69, 9.17) is 14.0 Å². The summed E-state index contributed by atoms with van der Waals surface area (Å²) in [5, 5.41) is 3.88. The van der Waals surface area contributed by atoms with Crippen molar-refractivity contribution in [3.8, 4) is 17.0 Å². The van der Waals surface area contributed by atoms with Crippen LogP contribution in [0, 0.1) is 0 Å². The molecule has 2 heterocycles. The molecule has 1 atom stereocenters. The van der Waals surface area contributed by atoms with E-state index in [1.165, 1.54) is 0 Å². The lowest BCUT2D eigenvalue weighted by atomic mass is 10.1. The molecule has 1 aromatic carbocycles. The first-order valence-electron chi connectivity index (χ1n) is 5.17. The number of epoxide rings is 1. The lowest BCUT2D eigenvalue weighted by Crippen LogP contribution is -2.03. The second-order valence-electron chi connectivity index (χ2n) is 3.68. The summed E-state index contributed by atoms with van der Waals surface area (Å²) in [6, 6.07) is 9.60. The summed E-state index contributed by atoms with van der Waals surface area (Å²) >= 11 is 0. The van der Waals surface area contributed by atoms with Crippen LogP contribution in [-0.4, -0.2) is 24.5 Å². The van der Waals surface area contributed by atoms with Crippen molar-refractivity contribution >= 4 is 0 Å². The lowest BCUT2D eigenvalue weighted by Gasteiger charge is -2.04. The number of hydrogen-bond donors (Lipinski definition) is 0. The van der Waals surface area contributed by atoms with Gasteiger partial charge in [0.05, 0.1) is 6.61 Å². The van der Waals surface area contributed by atoms with Gasteiger partial charge in [-0.2, -0.15) is 0 Å². The number of aromatic nitrogens is 1. The molecule has 0 radical (unpaired) electrons. The van der Waals surface area contributed by atoms with Crippen LogP contribution >= 0.6 is 0 Å². The van der Waals surface area contributed by atoms with Gasteiger partial charge in [0.25, 0.3) is 0 Å². The van der Waals surface area contributed by atoms with Crippen LogP contribution in [0.5, 0.6) is 5.75 Å². The van der Waals surface area contributed by atoms with Crippen molar-refractivity contribution < 1.29 is 14.0 Å². The fourth-order valence-corrected chi connectivity index (χ4v) is 1.46. The Morgan fingerprint density at radius 3 is 3.06 bits per heavy atom. The average molecular weight is 217 g/mol. The fourth-order valence-electron chi connectivity index (χ4n) is 1.46. The van der Waals surface area contributed by atoms with Gasteiger partial charge in [0.2, 0.25) is 0 Å². The van der Waals surface area contributed by atoms with Crippen molar-refractivity contribution in [3.05, 3.63) is 36.6 Å². The van der Waals surface area contributed by atoms with E-state index < -0.39 is 0 Å². The quantitative estimate of drug-likeness (QED) is 0.736. The highest BCUT2D eigenvalue weighted by molar-refractivity contribution is 5.60. The number of ether oxygens (including phenoxy) is 2. The molecule has 1 aliphatic rings. The topological polar surface area (TPSA) is 47.8 Å². The van der Waals surface area contributed by atoms with E-state index in [9.17, 15) is 0 Å². The molecule has 0 aliphatic carbocycles. The highest BCUT2D eigenvalue weighted by Gasteiger charge is 2.23. The highest BCUT2D eigenvalue weighted by Crippen LogP contribution is 2.23. The Bertz CT molecular complexity index is 463. The molecule has 1 aliphatic heterocycles. The van der Waals surface area contributed by atoms with Gasteiger partial charge >= 0.3 is 0 Å². The maximum Gasteiger partial charge on any atom is 0.124 e. The fraction of sp³-hybridized carbons (Fsp3) is 0.250. The summed E-state index contributed by atoms with van der Waals surface area (Å²) in [5.74, 6) is 0.830.